The number of benzene rings is 1. The minimum atomic E-state index is 0.809. The molecular formula is C12H19BrN2O. The summed E-state index contributed by atoms with van der Waals surface area (Å²) in [6.07, 6.45) is 2.19. The Morgan fingerprint density at radius 2 is 2.12 bits per heavy atom. The van der Waals surface area contributed by atoms with Crippen LogP contribution in [0.3, 0.4) is 0 Å². The van der Waals surface area contributed by atoms with Gasteiger partial charge in [0.15, 0.2) is 0 Å². The van der Waals surface area contributed by atoms with Crippen molar-refractivity contribution < 1.29 is 4.74 Å². The number of methoxy groups -OCH3 is 1. The van der Waals surface area contributed by atoms with E-state index < -0.39 is 0 Å². The molecule has 2 N–H and O–H groups in total. The molecule has 0 atom stereocenters. The largest absolute Gasteiger partial charge is 0.397 e. The smallest absolute Gasteiger partial charge is 0.0598 e. The van der Waals surface area contributed by atoms with E-state index in [4.69, 9.17) is 10.5 Å². The first-order valence-corrected chi connectivity index (χ1v) is 6.19. The van der Waals surface area contributed by atoms with Gasteiger partial charge in [0.25, 0.3) is 0 Å². The highest BCUT2D eigenvalue weighted by Gasteiger charge is 2.04. The molecule has 0 aliphatic carbocycles. The highest BCUT2D eigenvalue weighted by molar-refractivity contribution is 9.10. The van der Waals surface area contributed by atoms with Crippen LogP contribution in [-0.4, -0.2) is 27.3 Å². The highest BCUT2D eigenvalue weighted by atomic mass is 79.9. The molecular weight excluding hydrogens is 268 g/mol. The van der Waals surface area contributed by atoms with Crippen molar-refractivity contribution in [3.05, 3.63) is 22.7 Å². The Kier molecular flexibility index (Phi) is 5.63. The van der Waals surface area contributed by atoms with Gasteiger partial charge in [-0.15, -0.1) is 0 Å². The van der Waals surface area contributed by atoms with Gasteiger partial charge in [0.2, 0.25) is 0 Å². The number of nitrogen functional groups attached to an aromatic ring is 1. The average molecular weight is 287 g/mol. The van der Waals surface area contributed by atoms with E-state index in [0.717, 1.165) is 41.8 Å². The van der Waals surface area contributed by atoms with Crippen molar-refractivity contribution in [3.8, 4) is 0 Å². The molecule has 90 valence electrons. The first-order valence-electron chi connectivity index (χ1n) is 5.40. The van der Waals surface area contributed by atoms with Crippen molar-refractivity contribution >= 4 is 27.3 Å². The Balaban J connectivity index is 2.49. The number of hydrogen-bond acceptors (Lipinski definition) is 3. The molecule has 1 aromatic carbocycles. The summed E-state index contributed by atoms with van der Waals surface area (Å²) in [5, 5.41) is 0. The standard InChI is InChI=1S/C12H19BrN2O/c1-15(7-3-4-8-16-2)12-6-5-10(13)9-11(12)14/h5-6,9H,3-4,7-8,14H2,1-2H3. The van der Waals surface area contributed by atoms with Gasteiger partial charge in [-0.05, 0) is 31.0 Å². The SMILES string of the molecule is COCCCCN(C)c1ccc(Br)cc1N. The first kappa shape index (κ1) is 13.3. The molecule has 0 aliphatic rings. The summed E-state index contributed by atoms with van der Waals surface area (Å²) >= 11 is 3.40. The summed E-state index contributed by atoms with van der Waals surface area (Å²) in [5.74, 6) is 0. The lowest BCUT2D eigenvalue weighted by Gasteiger charge is -2.21. The van der Waals surface area contributed by atoms with E-state index in [9.17, 15) is 0 Å². The molecule has 0 unspecified atom stereocenters. The molecule has 0 saturated carbocycles. The summed E-state index contributed by atoms with van der Waals surface area (Å²) in [6.45, 7) is 1.82. The summed E-state index contributed by atoms with van der Waals surface area (Å²) in [4.78, 5) is 2.18. The topological polar surface area (TPSA) is 38.5 Å². The zero-order valence-electron chi connectivity index (χ0n) is 9.87. The quantitative estimate of drug-likeness (QED) is 0.646. The van der Waals surface area contributed by atoms with Gasteiger partial charge < -0.3 is 15.4 Å². The fraction of sp³-hybridized carbons (Fsp3) is 0.500. The maximum Gasteiger partial charge on any atom is 0.0598 e. The summed E-state index contributed by atoms with van der Waals surface area (Å²) in [7, 11) is 3.79. The van der Waals surface area contributed by atoms with Gasteiger partial charge in [-0.2, -0.15) is 0 Å². The van der Waals surface area contributed by atoms with Crippen molar-refractivity contribution in [1.29, 1.82) is 0 Å². The molecule has 0 fully saturated rings. The second-order valence-corrected chi connectivity index (χ2v) is 4.74. The lowest BCUT2D eigenvalue weighted by molar-refractivity contribution is 0.193. The number of nitrogens with zero attached hydrogens (tertiary/aromatic N) is 1. The molecule has 3 nitrogen and oxygen atoms in total. The van der Waals surface area contributed by atoms with Crippen LogP contribution in [0.5, 0.6) is 0 Å². The molecule has 4 heteroatoms. The fourth-order valence-electron chi connectivity index (χ4n) is 1.59. The van der Waals surface area contributed by atoms with Crippen LogP contribution in [0.4, 0.5) is 11.4 Å². The molecule has 1 rings (SSSR count). The number of nitrogens with two attached hydrogens (primary N) is 1. The van der Waals surface area contributed by atoms with Crippen molar-refractivity contribution in [2.45, 2.75) is 12.8 Å². The predicted octanol–water partition coefficient (Wildman–Crippen LogP) is 2.89. The molecule has 0 spiro atoms. The maximum atomic E-state index is 5.96. The fourth-order valence-corrected chi connectivity index (χ4v) is 1.97. The number of rotatable bonds is 6. The molecule has 0 saturated heterocycles. The van der Waals surface area contributed by atoms with Crippen LogP contribution in [0.25, 0.3) is 0 Å². The number of halogens is 1. The number of unbranched alkanes of at least 4 members (excludes halogenated alkanes) is 1. The third kappa shape index (κ3) is 4.02. The van der Waals surface area contributed by atoms with Crippen molar-refractivity contribution in [1.82, 2.24) is 0 Å². The minimum Gasteiger partial charge on any atom is -0.397 e. The third-order valence-electron chi connectivity index (χ3n) is 2.49. The monoisotopic (exact) mass is 286 g/mol. The van der Waals surface area contributed by atoms with Crippen LogP contribution in [0.2, 0.25) is 0 Å². The van der Waals surface area contributed by atoms with Crippen LogP contribution in [0.1, 0.15) is 12.8 Å². The molecule has 0 amide bonds. The molecule has 0 radical (unpaired) electrons. The minimum absolute atomic E-state index is 0.809. The van der Waals surface area contributed by atoms with E-state index >= 15 is 0 Å². The van der Waals surface area contributed by atoms with Crippen LogP contribution in [-0.2, 0) is 4.74 Å². The second-order valence-electron chi connectivity index (χ2n) is 3.82. The van der Waals surface area contributed by atoms with Crippen LogP contribution in [0, 0.1) is 0 Å². The van der Waals surface area contributed by atoms with Crippen molar-refractivity contribution in [2.75, 3.05) is 37.9 Å². The summed E-state index contributed by atoms with van der Waals surface area (Å²) in [6, 6.07) is 5.98. The Morgan fingerprint density at radius 3 is 2.75 bits per heavy atom. The van der Waals surface area contributed by atoms with Gasteiger partial charge in [-0.3, -0.25) is 0 Å². The van der Waals surface area contributed by atoms with E-state index in [1.807, 2.05) is 18.2 Å². The first-order chi connectivity index (χ1) is 7.65. The lowest BCUT2D eigenvalue weighted by atomic mass is 10.2. The van der Waals surface area contributed by atoms with Gasteiger partial charge in [0.05, 0.1) is 11.4 Å². The average Bonchev–Trinajstić information content (AvgIpc) is 2.24. The van der Waals surface area contributed by atoms with Gasteiger partial charge in [0, 0.05) is 31.8 Å². The number of ether oxygens (including phenoxy) is 1. The molecule has 16 heavy (non-hydrogen) atoms. The van der Waals surface area contributed by atoms with Crippen LogP contribution in [0.15, 0.2) is 22.7 Å². The van der Waals surface area contributed by atoms with Crippen molar-refractivity contribution in [2.24, 2.45) is 0 Å². The molecule has 1 aromatic rings. The zero-order chi connectivity index (χ0) is 12.0. The summed E-state index contributed by atoms with van der Waals surface area (Å²) < 4.78 is 6.03. The Labute approximate surface area is 106 Å². The third-order valence-corrected chi connectivity index (χ3v) is 2.99. The van der Waals surface area contributed by atoms with Gasteiger partial charge in [-0.1, -0.05) is 15.9 Å². The summed E-state index contributed by atoms with van der Waals surface area (Å²) in [5.41, 5.74) is 7.85. The lowest BCUT2D eigenvalue weighted by Crippen LogP contribution is -2.20. The van der Waals surface area contributed by atoms with E-state index in [0.29, 0.717) is 0 Å². The van der Waals surface area contributed by atoms with Crippen molar-refractivity contribution in [3.63, 3.8) is 0 Å². The van der Waals surface area contributed by atoms with Crippen LogP contribution >= 0.6 is 15.9 Å². The molecule has 0 bridgehead atoms. The van der Waals surface area contributed by atoms with Gasteiger partial charge in [0.1, 0.15) is 0 Å². The van der Waals surface area contributed by atoms with Gasteiger partial charge >= 0.3 is 0 Å². The zero-order valence-corrected chi connectivity index (χ0v) is 11.5. The Hall–Kier alpha value is -0.740. The van der Waals surface area contributed by atoms with Gasteiger partial charge in [-0.25, -0.2) is 0 Å². The molecule has 0 aliphatic heterocycles. The van der Waals surface area contributed by atoms with E-state index in [1.54, 1.807) is 7.11 Å². The number of hydrogen-bond donors (Lipinski definition) is 1. The number of anilines is 2. The Bertz CT molecular complexity index is 331. The van der Waals surface area contributed by atoms with E-state index in [-0.39, 0.29) is 0 Å². The van der Waals surface area contributed by atoms with Crippen LogP contribution < -0.4 is 10.6 Å². The molecule has 0 aromatic heterocycles. The van der Waals surface area contributed by atoms with E-state index in [1.165, 1.54) is 0 Å². The highest BCUT2D eigenvalue weighted by Crippen LogP contribution is 2.25. The normalized spacial score (nSPS) is 10.4. The second kappa shape index (κ2) is 6.76. The Morgan fingerprint density at radius 1 is 1.38 bits per heavy atom. The van der Waals surface area contributed by atoms with E-state index in [2.05, 4.69) is 27.9 Å². The predicted molar refractivity (Wildman–Crippen MR) is 72.9 cm³/mol. The molecule has 0 heterocycles. The maximum absolute atomic E-state index is 5.96.